The lowest BCUT2D eigenvalue weighted by atomic mass is 9.99. The Labute approximate surface area is 119 Å². The van der Waals surface area contributed by atoms with Gasteiger partial charge < -0.3 is 10.0 Å². The topological polar surface area (TPSA) is 64.3 Å². The van der Waals surface area contributed by atoms with Crippen LogP contribution in [0.4, 0.5) is 18.9 Å². The smallest absolute Gasteiger partial charge is 0.417 e. The van der Waals surface area contributed by atoms with E-state index in [4.69, 9.17) is 10.4 Å². The summed E-state index contributed by atoms with van der Waals surface area (Å²) in [7, 11) is 0. The minimum Gasteiger partial charge on any atom is -0.481 e. The first kappa shape index (κ1) is 15.2. The van der Waals surface area contributed by atoms with E-state index < -0.39 is 29.2 Å². The van der Waals surface area contributed by atoms with Crippen molar-refractivity contribution in [3.63, 3.8) is 0 Å². The van der Waals surface area contributed by atoms with Crippen LogP contribution in [0.1, 0.15) is 18.1 Å². The number of alkyl halides is 3. The summed E-state index contributed by atoms with van der Waals surface area (Å²) >= 11 is 0. The predicted octanol–water partition coefficient (Wildman–Crippen LogP) is 2.73. The first-order valence-electron chi connectivity index (χ1n) is 6.33. The lowest BCUT2D eigenvalue weighted by molar-refractivity contribution is -0.142. The molecule has 0 aliphatic carbocycles. The van der Waals surface area contributed by atoms with Gasteiger partial charge in [-0.1, -0.05) is 6.92 Å². The fourth-order valence-electron chi connectivity index (χ4n) is 2.56. The number of benzene rings is 1. The average Bonchev–Trinajstić information content (AvgIpc) is 2.79. The van der Waals surface area contributed by atoms with Gasteiger partial charge in [0, 0.05) is 18.8 Å². The maximum atomic E-state index is 12.9. The molecule has 1 aliphatic heterocycles. The molecular weight excluding hydrogens is 285 g/mol. The van der Waals surface area contributed by atoms with E-state index in [1.807, 2.05) is 0 Å². The van der Waals surface area contributed by atoms with Gasteiger partial charge in [0.1, 0.15) is 0 Å². The zero-order chi connectivity index (χ0) is 15.8. The third-order valence-electron chi connectivity index (χ3n) is 3.72. The molecule has 0 amide bonds. The Balaban J connectivity index is 2.35. The summed E-state index contributed by atoms with van der Waals surface area (Å²) in [4.78, 5) is 12.7. The van der Waals surface area contributed by atoms with Crippen LogP contribution in [0.25, 0.3) is 0 Å². The molecule has 1 N–H and O–H groups in total. The third kappa shape index (κ3) is 2.94. The van der Waals surface area contributed by atoms with Gasteiger partial charge in [0.2, 0.25) is 0 Å². The van der Waals surface area contributed by atoms with E-state index in [1.54, 1.807) is 11.8 Å². The van der Waals surface area contributed by atoms with Crippen LogP contribution in [0.3, 0.4) is 0 Å². The van der Waals surface area contributed by atoms with E-state index in [-0.39, 0.29) is 18.2 Å². The van der Waals surface area contributed by atoms with Gasteiger partial charge in [-0.05, 0) is 24.1 Å². The number of hydrogen-bond donors (Lipinski definition) is 1. The number of rotatable bonds is 2. The molecule has 2 rings (SSSR count). The Bertz CT molecular complexity index is 607. The summed E-state index contributed by atoms with van der Waals surface area (Å²) in [5, 5.41) is 17.8. The van der Waals surface area contributed by atoms with Crippen LogP contribution in [0.15, 0.2) is 18.2 Å². The minimum absolute atomic E-state index is 0.146. The van der Waals surface area contributed by atoms with Crippen LogP contribution in [0.5, 0.6) is 0 Å². The second kappa shape index (κ2) is 5.28. The molecule has 0 aromatic heterocycles. The molecule has 0 radical (unpaired) electrons. The van der Waals surface area contributed by atoms with Gasteiger partial charge in [-0.25, -0.2) is 0 Å². The quantitative estimate of drug-likeness (QED) is 0.911. The van der Waals surface area contributed by atoms with Crippen LogP contribution in [-0.4, -0.2) is 24.2 Å². The van der Waals surface area contributed by atoms with Gasteiger partial charge in [-0.3, -0.25) is 4.79 Å². The Morgan fingerprint density at radius 3 is 2.57 bits per heavy atom. The highest BCUT2D eigenvalue weighted by Crippen LogP contribution is 2.36. The number of anilines is 1. The molecule has 1 aromatic carbocycles. The fraction of sp³-hybridized carbons (Fsp3) is 0.429. The molecule has 1 aromatic rings. The second-order valence-corrected chi connectivity index (χ2v) is 5.17. The van der Waals surface area contributed by atoms with Crippen molar-refractivity contribution in [3.8, 4) is 6.07 Å². The van der Waals surface area contributed by atoms with Gasteiger partial charge in [-0.2, -0.15) is 18.4 Å². The molecule has 1 aliphatic rings. The zero-order valence-corrected chi connectivity index (χ0v) is 11.2. The van der Waals surface area contributed by atoms with Crippen molar-refractivity contribution in [1.29, 1.82) is 5.26 Å². The molecular formula is C14H13F3N2O2. The number of carboxylic acid groups (broad SMARTS) is 1. The maximum Gasteiger partial charge on any atom is 0.417 e. The molecule has 2 atom stereocenters. The first-order chi connectivity index (χ1) is 9.74. The number of carboxylic acids is 1. The highest BCUT2D eigenvalue weighted by molar-refractivity contribution is 5.72. The monoisotopic (exact) mass is 298 g/mol. The fourth-order valence-corrected chi connectivity index (χ4v) is 2.56. The highest BCUT2D eigenvalue weighted by atomic mass is 19.4. The molecule has 1 fully saturated rings. The van der Waals surface area contributed by atoms with Crippen molar-refractivity contribution in [1.82, 2.24) is 0 Å². The molecule has 0 saturated carbocycles. The Morgan fingerprint density at radius 1 is 1.43 bits per heavy atom. The summed E-state index contributed by atoms with van der Waals surface area (Å²) in [6.45, 7) is 2.30. The van der Waals surface area contributed by atoms with Crippen molar-refractivity contribution in [3.05, 3.63) is 29.3 Å². The summed E-state index contributed by atoms with van der Waals surface area (Å²) < 4.78 is 38.8. The Kier molecular flexibility index (Phi) is 3.81. The third-order valence-corrected chi connectivity index (χ3v) is 3.72. The number of carbonyl (C=O) groups is 1. The Hall–Kier alpha value is -2.23. The Morgan fingerprint density at radius 2 is 2.10 bits per heavy atom. The summed E-state index contributed by atoms with van der Waals surface area (Å²) in [6.07, 6.45) is -4.61. The van der Waals surface area contributed by atoms with Gasteiger partial charge in [0.25, 0.3) is 0 Å². The largest absolute Gasteiger partial charge is 0.481 e. The van der Waals surface area contributed by atoms with Gasteiger partial charge >= 0.3 is 12.1 Å². The predicted molar refractivity (Wildman–Crippen MR) is 68.7 cm³/mol. The van der Waals surface area contributed by atoms with Crippen LogP contribution < -0.4 is 4.90 Å². The number of nitriles is 1. The lowest BCUT2D eigenvalue weighted by Gasteiger charge is -2.20. The second-order valence-electron chi connectivity index (χ2n) is 5.17. The standard InChI is InChI=1S/C14H13F3N2O2/c1-8-6-19(7-11(8)13(20)21)10-3-2-9(5-18)12(4-10)14(15,16)17/h2-4,8,11H,6-7H2,1H3,(H,20,21). The van der Waals surface area contributed by atoms with Crippen LogP contribution in [0.2, 0.25) is 0 Å². The molecule has 112 valence electrons. The van der Waals surface area contributed by atoms with Gasteiger partial charge in [0.05, 0.1) is 23.1 Å². The van der Waals surface area contributed by atoms with E-state index in [1.165, 1.54) is 12.1 Å². The molecule has 2 unspecified atom stereocenters. The summed E-state index contributed by atoms with van der Waals surface area (Å²) in [6, 6.07) is 4.98. The SMILES string of the molecule is CC1CN(c2ccc(C#N)c(C(F)(F)F)c2)CC1C(=O)O. The van der Waals surface area contributed by atoms with Crippen molar-refractivity contribution in [2.75, 3.05) is 18.0 Å². The number of aliphatic carboxylic acids is 1. The van der Waals surface area contributed by atoms with Crippen LogP contribution >= 0.6 is 0 Å². The van der Waals surface area contributed by atoms with Gasteiger partial charge in [-0.15, -0.1) is 0 Å². The normalized spacial score (nSPS) is 22.1. The number of nitrogens with zero attached hydrogens (tertiary/aromatic N) is 2. The van der Waals surface area contributed by atoms with Crippen LogP contribution in [0, 0.1) is 23.2 Å². The van der Waals surface area contributed by atoms with Gasteiger partial charge in [0.15, 0.2) is 0 Å². The first-order valence-corrected chi connectivity index (χ1v) is 6.33. The number of hydrogen-bond acceptors (Lipinski definition) is 3. The van der Waals surface area contributed by atoms with Crippen molar-refractivity contribution < 1.29 is 23.1 Å². The molecule has 7 heteroatoms. The van der Waals surface area contributed by atoms with E-state index in [0.29, 0.717) is 6.54 Å². The lowest BCUT2D eigenvalue weighted by Crippen LogP contribution is -2.23. The van der Waals surface area contributed by atoms with E-state index in [2.05, 4.69) is 0 Å². The highest BCUT2D eigenvalue weighted by Gasteiger charge is 2.37. The van der Waals surface area contributed by atoms with Crippen molar-refractivity contribution in [2.24, 2.45) is 11.8 Å². The van der Waals surface area contributed by atoms with Crippen molar-refractivity contribution >= 4 is 11.7 Å². The minimum atomic E-state index is -4.61. The number of halogens is 3. The molecule has 21 heavy (non-hydrogen) atoms. The van der Waals surface area contributed by atoms with E-state index >= 15 is 0 Å². The summed E-state index contributed by atoms with van der Waals surface area (Å²) in [5.41, 5.74) is -1.14. The van der Waals surface area contributed by atoms with Crippen LogP contribution in [-0.2, 0) is 11.0 Å². The van der Waals surface area contributed by atoms with E-state index in [0.717, 1.165) is 12.1 Å². The average molecular weight is 298 g/mol. The van der Waals surface area contributed by atoms with Crippen molar-refractivity contribution in [2.45, 2.75) is 13.1 Å². The van der Waals surface area contributed by atoms with E-state index in [9.17, 15) is 18.0 Å². The maximum absolute atomic E-state index is 12.9. The summed E-state index contributed by atoms with van der Waals surface area (Å²) in [5.74, 6) is -1.70. The molecule has 0 spiro atoms. The molecule has 1 heterocycles. The zero-order valence-electron chi connectivity index (χ0n) is 11.2. The molecule has 4 nitrogen and oxygen atoms in total. The molecule has 1 saturated heterocycles. The molecule has 0 bridgehead atoms.